The summed E-state index contributed by atoms with van der Waals surface area (Å²) in [6.07, 6.45) is 6.09. The van der Waals surface area contributed by atoms with Crippen LogP contribution in [0.3, 0.4) is 0 Å². The number of rotatable bonds is 8. The number of ether oxygens (including phenoxy) is 3. The summed E-state index contributed by atoms with van der Waals surface area (Å²) < 4.78 is 15.7. The average molecular weight is 373 g/mol. The molecule has 146 valence electrons. The van der Waals surface area contributed by atoms with Crippen molar-refractivity contribution in [2.75, 3.05) is 40.5 Å². The highest BCUT2D eigenvalue weighted by Crippen LogP contribution is 2.23. The van der Waals surface area contributed by atoms with Crippen LogP contribution >= 0.6 is 0 Å². The van der Waals surface area contributed by atoms with Crippen molar-refractivity contribution in [2.45, 2.75) is 25.7 Å². The SMILES string of the molecule is COC(=O)CN1CCC(CCCOc2ncc3ccc(OC)cc3n2)CC1. The lowest BCUT2D eigenvalue weighted by Crippen LogP contribution is -2.37. The average Bonchev–Trinajstić information content (AvgIpc) is 2.71. The number of likely N-dealkylation sites (tertiary alicyclic amines) is 1. The first-order valence-corrected chi connectivity index (χ1v) is 9.40. The van der Waals surface area contributed by atoms with Gasteiger partial charge in [-0.05, 0) is 56.8 Å². The van der Waals surface area contributed by atoms with Crippen LogP contribution in [0.25, 0.3) is 10.9 Å². The highest BCUT2D eigenvalue weighted by atomic mass is 16.5. The molecule has 1 aliphatic rings. The molecule has 1 fully saturated rings. The summed E-state index contributed by atoms with van der Waals surface area (Å²) in [6, 6.07) is 6.11. The fourth-order valence-corrected chi connectivity index (χ4v) is 3.40. The molecule has 0 aliphatic carbocycles. The molecular weight excluding hydrogens is 346 g/mol. The predicted octanol–water partition coefficient (Wildman–Crippen LogP) is 2.68. The van der Waals surface area contributed by atoms with Crippen LogP contribution in [0.4, 0.5) is 0 Å². The van der Waals surface area contributed by atoms with Gasteiger partial charge >= 0.3 is 12.0 Å². The van der Waals surface area contributed by atoms with Crippen LogP contribution in [0, 0.1) is 5.92 Å². The van der Waals surface area contributed by atoms with E-state index in [1.165, 1.54) is 7.11 Å². The number of aromatic nitrogens is 2. The van der Waals surface area contributed by atoms with E-state index in [2.05, 4.69) is 14.9 Å². The van der Waals surface area contributed by atoms with Gasteiger partial charge in [0.2, 0.25) is 0 Å². The monoisotopic (exact) mass is 373 g/mol. The van der Waals surface area contributed by atoms with Gasteiger partial charge in [-0.1, -0.05) is 0 Å². The third-order valence-corrected chi connectivity index (χ3v) is 5.04. The smallest absolute Gasteiger partial charge is 0.319 e. The molecule has 2 heterocycles. The fourth-order valence-electron chi connectivity index (χ4n) is 3.40. The summed E-state index contributed by atoms with van der Waals surface area (Å²) in [5.41, 5.74) is 0.817. The van der Waals surface area contributed by atoms with E-state index in [0.29, 0.717) is 25.1 Å². The third kappa shape index (κ3) is 5.53. The summed E-state index contributed by atoms with van der Waals surface area (Å²) >= 11 is 0. The van der Waals surface area contributed by atoms with E-state index in [-0.39, 0.29) is 5.97 Å². The number of carbonyl (C=O) groups is 1. The van der Waals surface area contributed by atoms with Crippen LogP contribution in [0.15, 0.2) is 24.4 Å². The van der Waals surface area contributed by atoms with Crippen LogP contribution in [0.1, 0.15) is 25.7 Å². The fraction of sp³-hybridized carbons (Fsp3) is 0.550. The van der Waals surface area contributed by atoms with Crippen molar-refractivity contribution >= 4 is 16.9 Å². The summed E-state index contributed by atoms with van der Waals surface area (Å²) in [5.74, 6) is 1.30. The Hall–Kier alpha value is -2.41. The van der Waals surface area contributed by atoms with Crippen molar-refractivity contribution in [1.29, 1.82) is 0 Å². The molecule has 0 amide bonds. The molecule has 3 rings (SSSR count). The lowest BCUT2D eigenvalue weighted by Gasteiger charge is -2.31. The number of nitrogens with zero attached hydrogens (tertiary/aromatic N) is 3. The third-order valence-electron chi connectivity index (χ3n) is 5.04. The van der Waals surface area contributed by atoms with E-state index in [4.69, 9.17) is 14.2 Å². The molecular formula is C20H27N3O4. The Morgan fingerprint density at radius 2 is 2.07 bits per heavy atom. The van der Waals surface area contributed by atoms with Gasteiger partial charge in [0.05, 0.1) is 32.9 Å². The maximum Gasteiger partial charge on any atom is 0.319 e. The largest absolute Gasteiger partial charge is 0.497 e. The van der Waals surface area contributed by atoms with E-state index >= 15 is 0 Å². The molecule has 1 saturated heterocycles. The lowest BCUT2D eigenvalue weighted by molar-refractivity contribution is -0.142. The number of carbonyl (C=O) groups excluding carboxylic acids is 1. The normalized spacial score (nSPS) is 15.6. The molecule has 2 aromatic rings. The first kappa shape index (κ1) is 19.4. The molecule has 1 aromatic heterocycles. The van der Waals surface area contributed by atoms with Crippen LogP contribution in [0.2, 0.25) is 0 Å². The maximum absolute atomic E-state index is 11.3. The van der Waals surface area contributed by atoms with Gasteiger partial charge in [-0.3, -0.25) is 9.69 Å². The molecule has 27 heavy (non-hydrogen) atoms. The van der Waals surface area contributed by atoms with Crippen molar-refractivity contribution in [2.24, 2.45) is 5.92 Å². The quantitative estimate of drug-likeness (QED) is 0.520. The molecule has 0 radical (unpaired) electrons. The minimum absolute atomic E-state index is 0.158. The van der Waals surface area contributed by atoms with Crippen molar-refractivity contribution in [1.82, 2.24) is 14.9 Å². The van der Waals surface area contributed by atoms with Crippen molar-refractivity contribution < 1.29 is 19.0 Å². The van der Waals surface area contributed by atoms with Crippen molar-refractivity contribution in [3.8, 4) is 11.8 Å². The van der Waals surface area contributed by atoms with Crippen LogP contribution in [0.5, 0.6) is 11.8 Å². The van der Waals surface area contributed by atoms with Crippen LogP contribution < -0.4 is 9.47 Å². The maximum atomic E-state index is 11.3. The highest BCUT2D eigenvalue weighted by Gasteiger charge is 2.20. The number of benzene rings is 1. The summed E-state index contributed by atoms with van der Waals surface area (Å²) in [4.78, 5) is 22.2. The number of methoxy groups -OCH3 is 2. The number of fused-ring (bicyclic) bond motifs is 1. The van der Waals surface area contributed by atoms with Gasteiger partial charge in [-0.2, -0.15) is 4.98 Å². The molecule has 0 N–H and O–H groups in total. The van der Waals surface area contributed by atoms with Gasteiger partial charge in [0.1, 0.15) is 5.75 Å². The van der Waals surface area contributed by atoms with Crippen LogP contribution in [-0.4, -0.2) is 61.3 Å². The van der Waals surface area contributed by atoms with Gasteiger partial charge < -0.3 is 14.2 Å². The Morgan fingerprint density at radius 3 is 2.81 bits per heavy atom. The summed E-state index contributed by atoms with van der Waals surface area (Å²) in [6.45, 7) is 2.92. The zero-order chi connectivity index (χ0) is 19.1. The number of piperidine rings is 1. The predicted molar refractivity (Wildman–Crippen MR) is 102 cm³/mol. The molecule has 7 heteroatoms. The molecule has 0 unspecified atom stereocenters. The van der Waals surface area contributed by atoms with Gasteiger partial charge in [0.25, 0.3) is 0 Å². The van der Waals surface area contributed by atoms with Gasteiger partial charge in [0.15, 0.2) is 0 Å². The molecule has 0 bridgehead atoms. The molecule has 0 saturated carbocycles. The van der Waals surface area contributed by atoms with E-state index in [0.717, 1.165) is 55.4 Å². The Bertz CT molecular complexity index is 760. The second kappa shape index (κ2) is 9.50. The Labute approximate surface area is 159 Å². The van der Waals surface area contributed by atoms with Crippen molar-refractivity contribution in [3.05, 3.63) is 24.4 Å². The summed E-state index contributed by atoms with van der Waals surface area (Å²) in [5, 5.41) is 0.960. The van der Waals surface area contributed by atoms with Crippen molar-refractivity contribution in [3.63, 3.8) is 0 Å². The van der Waals surface area contributed by atoms with Crippen LogP contribution in [-0.2, 0) is 9.53 Å². The molecule has 0 atom stereocenters. The van der Waals surface area contributed by atoms with Gasteiger partial charge in [0, 0.05) is 17.6 Å². The zero-order valence-corrected chi connectivity index (χ0v) is 16.0. The topological polar surface area (TPSA) is 73.8 Å². The van der Waals surface area contributed by atoms with E-state index < -0.39 is 0 Å². The second-order valence-electron chi connectivity index (χ2n) is 6.86. The minimum atomic E-state index is -0.158. The Kier molecular flexibility index (Phi) is 6.81. The number of esters is 1. The highest BCUT2D eigenvalue weighted by molar-refractivity contribution is 5.79. The minimum Gasteiger partial charge on any atom is -0.497 e. The molecule has 1 aliphatic heterocycles. The first-order chi connectivity index (χ1) is 13.2. The number of hydrogen-bond donors (Lipinski definition) is 0. The summed E-state index contributed by atoms with van der Waals surface area (Å²) in [7, 11) is 3.07. The molecule has 1 aromatic carbocycles. The lowest BCUT2D eigenvalue weighted by atomic mass is 9.92. The second-order valence-corrected chi connectivity index (χ2v) is 6.86. The van der Waals surface area contributed by atoms with Gasteiger partial charge in [-0.25, -0.2) is 4.98 Å². The Balaban J connectivity index is 1.39. The Morgan fingerprint density at radius 1 is 1.26 bits per heavy atom. The zero-order valence-electron chi connectivity index (χ0n) is 16.0. The molecule has 7 nitrogen and oxygen atoms in total. The van der Waals surface area contributed by atoms with E-state index in [1.807, 2.05) is 18.2 Å². The standard InChI is InChI=1S/C20H27N3O4/c1-25-17-6-5-16-13-21-20(22-18(16)12-17)27-11-3-4-15-7-9-23(10-8-15)14-19(24)26-2/h5-6,12-13,15H,3-4,7-11,14H2,1-2H3. The van der Waals surface area contributed by atoms with E-state index in [9.17, 15) is 4.79 Å². The number of hydrogen-bond acceptors (Lipinski definition) is 7. The first-order valence-electron chi connectivity index (χ1n) is 9.40. The molecule has 0 spiro atoms. The van der Waals surface area contributed by atoms with Gasteiger partial charge in [-0.15, -0.1) is 0 Å². The van der Waals surface area contributed by atoms with E-state index in [1.54, 1.807) is 13.3 Å².